The third-order valence-electron chi connectivity index (χ3n) is 2.38. The van der Waals surface area contributed by atoms with Crippen molar-refractivity contribution >= 4 is 5.82 Å². The van der Waals surface area contributed by atoms with Gasteiger partial charge in [-0.2, -0.15) is 0 Å². The van der Waals surface area contributed by atoms with Gasteiger partial charge in [-0.05, 0) is 24.8 Å². The van der Waals surface area contributed by atoms with Crippen LogP contribution in [0.1, 0.15) is 19.3 Å². The summed E-state index contributed by atoms with van der Waals surface area (Å²) in [7, 11) is 0. The monoisotopic (exact) mass is 163 g/mol. The second kappa shape index (κ2) is 3.52. The van der Waals surface area contributed by atoms with Crippen LogP contribution in [0.3, 0.4) is 0 Å². The van der Waals surface area contributed by atoms with Crippen molar-refractivity contribution in [2.45, 2.75) is 19.3 Å². The van der Waals surface area contributed by atoms with Crippen LogP contribution in [0, 0.1) is 5.92 Å². The third-order valence-corrected chi connectivity index (χ3v) is 2.38. The highest BCUT2D eigenvalue weighted by molar-refractivity contribution is 5.31. The molecule has 3 heteroatoms. The Balaban J connectivity index is 1.79. The zero-order valence-corrected chi connectivity index (χ0v) is 7.03. The third kappa shape index (κ3) is 1.72. The van der Waals surface area contributed by atoms with Crippen molar-refractivity contribution in [2.24, 2.45) is 5.92 Å². The van der Waals surface area contributed by atoms with Crippen molar-refractivity contribution in [3.63, 3.8) is 0 Å². The Hall–Kier alpha value is -1.12. The number of nitrogens with one attached hydrogen (secondary N) is 1. The molecule has 1 fully saturated rings. The van der Waals surface area contributed by atoms with E-state index in [2.05, 4.69) is 15.3 Å². The Labute approximate surface area is 72.2 Å². The Bertz CT molecular complexity index is 231. The van der Waals surface area contributed by atoms with E-state index in [1.165, 1.54) is 19.3 Å². The van der Waals surface area contributed by atoms with Gasteiger partial charge in [-0.25, -0.2) is 9.97 Å². The maximum atomic E-state index is 4.09. The molecule has 0 radical (unpaired) electrons. The van der Waals surface area contributed by atoms with E-state index in [0.717, 1.165) is 18.3 Å². The molecule has 0 aliphatic heterocycles. The van der Waals surface area contributed by atoms with E-state index in [4.69, 9.17) is 0 Å². The van der Waals surface area contributed by atoms with Gasteiger partial charge < -0.3 is 5.32 Å². The molecule has 3 nitrogen and oxygen atoms in total. The van der Waals surface area contributed by atoms with Crippen LogP contribution in [0.2, 0.25) is 0 Å². The Kier molecular flexibility index (Phi) is 2.21. The fraction of sp³-hybridized carbons (Fsp3) is 0.556. The van der Waals surface area contributed by atoms with Crippen LogP contribution in [-0.4, -0.2) is 16.5 Å². The van der Waals surface area contributed by atoms with Gasteiger partial charge in [0, 0.05) is 12.7 Å². The quantitative estimate of drug-likeness (QED) is 0.736. The highest BCUT2D eigenvalue weighted by atomic mass is 15.0. The standard InChI is InChI=1S/C9H13N3/c1-2-8(3-1)6-11-9-4-5-10-7-12-9/h4-5,7-8H,1-3,6H2,(H,10,11,12). The zero-order valence-electron chi connectivity index (χ0n) is 7.03. The van der Waals surface area contributed by atoms with E-state index in [9.17, 15) is 0 Å². The molecule has 0 amide bonds. The van der Waals surface area contributed by atoms with Crippen LogP contribution >= 0.6 is 0 Å². The van der Waals surface area contributed by atoms with Gasteiger partial charge in [0.25, 0.3) is 0 Å². The first-order valence-electron chi connectivity index (χ1n) is 4.45. The summed E-state index contributed by atoms with van der Waals surface area (Å²) < 4.78 is 0. The first-order valence-corrected chi connectivity index (χ1v) is 4.45. The van der Waals surface area contributed by atoms with Crippen LogP contribution in [0.15, 0.2) is 18.6 Å². The van der Waals surface area contributed by atoms with E-state index in [1.807, 2.05) is 6.07 Å². The average molecular weight is 163 g/mol. The van der Waals surface area contributed by atoms with Gasteiger partial charge in [0.2, 0.25) is 0 Å². The molecule has 0 aromatic carbocycles. The molecule has 0 spiro atoms. The molecule has 0 saturated heterocycles. The zero-order chi connectivity index (χ0) is 8.23. The molecule has 64 valence electrons. The lowest BCUT2D eigenvalue weighted by atomic mass is 9.85. The van der Waals surface area contributed by atoms with Gasteiger partial charge in [0.15, 0.2) is 0 Å². The molecule has 1 heterocycles. The largest absolute Gasteiger partial charge is 0.370 e. The number of aromatic nitrogens is 2. The van der Waals surface area contributed by atoms with Crippen LogP contribution in [-0.2, 0) is 0 Å². The molecule has 1 N–H and O–H groups in total. The van der Waals surface area contributed by atoms with Gasteiger partial charge in [-0.1, -0.05) is 6.42 Å². The highest BCUT2D eigenvalue weighted by Crippen LogP contribution is 2.25. The van der Waals surface area contributed by atoms with Crippen LogP contribution in [0.4, 0.5) is 5.82 Å². The van der Waals surface area contributed by atoms with Gasteiger partial charge in [0.05, 0.1) is 0 Å². The summed E-state index contributed by atoms with van der Waals surface area (Å²) in [6.07, 6.45) is 7.48. The minimum absolute atomic E-state index is 0.875. The Morgan fingerprint density at radius 1 is 1.50 bits per heavy atom. The molecule has 0 unspecified atom stereocenters. The second-order valence-corrected chi connectivity index (χ2v) is 3.27. The molecule has 0 atom stereocenters. The topological polar surface area (TPSA) is 37.8 Å². The minimum Gasteiger partial charge on any atom is -0.370 e. The molecule has 1 aliphatic rings. The number of anilines is 1. The van der Waals surface area contributed by atoms with Gasteiger partial charge in [-0.15, -0.1) is 0 Å². The molecule has 1 aromatic rings. The van der Waals surface area contributed by atoms with E-state index < -0.39 is 0 Å². The average Bonchev–Trinajstić information content (AvgIpc) is 2.04. The number of rotatable bonds is 3. The summed E-state index contributed by atoms with van der Waals surface area (Å²) in [5.41, 5.74) is 0. The van der Waals surface area contributed by atoms with Crippen molar-refractivity contribution in [3.05, 3.63) is 18.6 Å². The predicted octanol–water partition coefficient (Wildman–Crippen LogP) is 1.69. The minimum atomic E-state index is 0.875. The highest BCUT2D eigenvalue weighted by Gasteiger charge is 2.16. The smallest absolute Gasteiger partial charge is 0.129 e. The van der Waals surface area contributed by atoms with Gasteiger partial charge in [-0.3, -0.25) is 0 Å². The predicted molar refractivity (Wildman–Crippen MR) is 47.9 cm³/mol. The lowest BCUT2D eigenvalue weighted by Gasteiger charge is -2.25. The summed E-state index contributed by atoms with van der Waals surface area (Å²) in [6.45, 7) is 1.07. The number of hydrogen-bond donors (Lipinski definition) is 1. The summed E-state index contributed by atoms with van der Waals surface area (Å²) >= 11 is 0. The SMILES string of the molecule is c1cc(NCC2CCC2)ncn1. The van der Waals surface area contributed by atoms with E-state index in [-0.39, 0.29) is 0 Å². The summed E-state index contributed by atoms with van der Waals surface area (Å²) in [4.78, 5) is 7.94. The van der Waals surface area contributed by atoms with Crippen molar-refractivity contribution in [2.75, 3.05) is 11.9 Å². The second-order valence-electron chi connectivity index (χ2n) is 3.27. The van der Waals surface area contributed by atoms with Crippen molar-refractivity contribution in [1.29, 1.82) is 0 Å². The van der Waals surface area contributed by atoms with Crippen molar-refractivity contribution < 1.29 is 0 Å². The van der Waals surface area contributed by atoms with Crippen LogP contribution < -0.4 is 5.32 Å². The van der Waals surface area contributed by atoms with Crippen LogP contribution in [0.5, 0.6) is 0 Å². The normalized spacial score (nSPS) is 17.0. The maximum absolute atomic E-state index is 4.09. The Morgan fingerprint density at radius 3 is 3.00 bits per heavy atom. The van der Waals surface area contributed by atoms with E-state index in [0.29, 0.717) is 0 Å². The fourth-order valence-electron chi connectivity index (χ4n) is 1.34. The molecular weight excluding hydrogens is 150 g/mol. The molecule has 1 aliphatic carbocycles. The van der Waals surface area contributed by atoms with E-state index >= 15 is 0 Å². The first-order chi connectivity index (χ1) is 5.95. The molecule has 12 heavy (non-hydrogen) atoms. The molecular formula is C9H13N3. The summed E-state index contributed by atoms with van der Waals surface area (Å²) in [6, 6.07) is 1.90. The Morgan fingerprint density at radius 2 is 2.42 bits per heavy atom. The molecule has 1 saturated carbocycles. The van der Waals surface area contributed by atoms with E-state index in [1.54, 1.807) is 12.5 Å². The molecule has 2 rings (SSSR count). The van der Waals surface area contributed by atoms with Crippen molar-refractivity contribution in [1.82, 2.24) is 9.97 Å². The lowest BCUT2D eigenvalue weighted by Crippen LogP contribution is -2.21. The molecule has 0 bridgehead atoms. The maximum Gasteiger partial charge on any atom is 0.129 e. The van der Waals surface area contributed by atoms with Crippen LogP contribution in [0.25, 0.3) is 0 Å². The lowest BCUT2D eigenvalue weighted by molar-refractivity contribution is 0.333. The molecule has 1 aromatic heterocycles. The first kappa shape index (κ1) is 7.53. The number of hydrogen-bond acceptors (Lipinski definition) is 3. The van der Waals surface area contributed by atoms with Gasteiger partial charge in [0.1, 0.15) is 12.1 Å². The summed E-state index contributed by atoms with van der Waals surface area (Å²) in [5.74, 6) is 1.82. The summed E-state index contributed by atoms with van der Waals surface area (Å²) in [5, 5.41) is 3.30. The van der Waals surface area contributed by atoms with Gasteiger partial charge >= 0.3 is 0 Å². The number of nitrogens with zero attached hydrogens (tertiary/aromatic N) is 2. The fourth-order valence-corrected chi connectivity index (χ4v) is 1.34. The van der Waals surface area contributed by atoms with Crippen molar-refractivity contribution in [3.8, 4) is 0 Å².